The highest BCUT2D eigenvalue weighted by Gasteiger charge is 2.29. The Morgan fingerprint density at radius 3 is 1.97 bits per heavy atom. The summed E-state index contributed by atoms with van der Waals surface area (Å²) >= 11 is 5.51. The number of carbonyl (C=O) groups is 5. The number of rotatable bonds is 15. The third kappa shape index (κ3) is 10.7. The number of carbonyl (C=O) groups excluding carboxylic acids is 4. The van der Waals surface area contributed by atoms with Crippen LogP contribution < -0.4 is 27.4 Å². The number of thiol groups is 1. The fourth-order valence-corrected chi connectivity index (χ4v) is 2.88. The lowest BCUT2D eigenvalue weighted by Gasteiger charge is -2.23. The molecule has 0 saturated heterocycles. The minimum Gasteiger partial charge on any atom is -0.480 e. The number of carboxylic acid groups (broad SMARTS) is 1. The first-order valence-corrected chi connectivity index (χ1v) is 11.0. The summed E-state index contributed by atoms with van der Waals surface area (Å²) in [5, 5.41) is 25.3. The monoisotopic (exact) mass is 467 g/mol. The van der Waals surface area contributed by atoms with Crippen LogP contribution in [0.1, 0.15) is 19.3 Å². The number of thioether (sulfide) groups is 1. The molecule has 14 heteroatoms. The third-order valence-corrected chi connectivity index (χ3v) is 4.90. The highest BCUT2D eigenvalue weighted by molar-refractivity contribution is 7.98. The van der Waals surface area contributed by atoms with Crippen molar-refractivity contribution in [2.24, 2.45) is 11.5 Å². The summed E-state index contributed by atoms with van der Waals surface area (Å²) in [5.41, 5.74) is 10.7. The molecule has 0 rings (SSSR count). The van der Waals surface area contributed by atoms with Gasteiger partial charge in [-0.25, -0.2) is 4.79 Å². The summed E-state index contributed by atoms with van der Waals surface area (Å²) in [6.07, 6.45) is 1.72. The van der Waals surface area contributed by atoms with E-state index in [9.17, 15) is 29.1 Å². The van der Waals surface area contributed by atoms with Crippen molar-refractivity contribution in [3.8, 4) is 0 Å². The van der Waals surface area contributed by atoms with E-state index in [1.165, 1.54) is 11.8 Å². The van der Waals surface area contributed by atoms with Crippen molar-refractivity contribution in [1.82, 2.24) is 16.0 Å². The van der Waals surface area contributed by atoms with Gasteiger partial charge < -0.3 is 37.6 Å². The largest absolute Gasteiger partial charge is 0.480 e. The molecule has 30 heavy (non-hydrogen) atoms. The molecule has 4 unspecified atom stereocenters. The maximum atomic E-state index is 12.4. The zero-order valence-electron chi connectivity index (χ0n) is 16.5. The van der Waals surface area contributed by atoms with Crippen LogP contribution in [0.25, 0.3) is 0 Å². The summed E-state index contributed by atoms with van der Waals surface area (Å²) in [5.74, 6) is -3.97. The van der Waals surface area contributed by atoms with Crippen molar-refractivity contribution in [3.05, 3.63) is 0 Å². The Hall–Kier alpha value is -2.03. The summed E-state index contributed by atoms with van der Waals surface area (Å²) in [4.78, 5) is 58.7. The van der Waals surface area contributed by atoms with Crippen LogP contribution in [0.5, 0.6) is 0 Å². The molecule has 0 fully saturated rings. The molecule has 0 saturated carbocycles. The van der Waals surface area contributed by atoms with Crippen LogP contribution in [0.15, 0.2) is 0 Å². The van der Waals surface area contributed by atoms with E-state index in [1.54, 1.807) is 0 Å². The number of aliphatic hydroxyl groups excluding tert-OH is 1. The lowest BCUT2D eigenvalue weighted by atomic mass is 10.1. The van der Waals surface area contributed by atoms with Gasteiger partial charge in [0.05, 0.1) is 12.6 Å². The first-order valence-electron chi connectivity index (χ1n) is 8.95. The first kappa shape index (κ1) is 28.0. The van der Waals surface area contributed by atoms with Gasteiger partial charge in [0.25, 0.3) is 0 Å². The maximum Gasteiger partial charge on any atom is 0.326 e. The van der Waals surface area contributed by atoms with Gasteiger partial charge >= 0.3 is 5.97 Å². The molecule has 12 nitrogen and oxygen atoms in total. The molecule has 0 aliphatic rings. The van der Waals surface area contributed by atoms with Crippen LogP contribution in [0.2, 0.25) is 0 Å². The zero-order chi connectivity index (χ0) is 23.3. The van der Waals surface area contributed by atoms with Crippen molar-refractivity contribution < 1.29 is 34.2 Å². The number of primary amides is 1. The minimum atomic E-state index is -1.49. The van der Waals surface area contributed by atoms with Gasteiger partial charge in [0, 0.05) is 12.2 Å². The second-order valence-electron chi connectivity index (χ2n) is 6.28. The molecule has 0 radical (unpaired) electrons. The third-order valence-electron chi connectivity index (χ3n) is 3.89. The number of hydrogen-bond donors (Lipinski definition) is 8. The predicted molar refractivity (Wildman–Crippen MR) is 114 cm³/mol. The number of nitrogens with two attached hydrogens (primary N) is 2. The molecule has 0 aromatic carbocycles. The SMILES string of the molecule is CSCCC(N)C(=O)NC(CS)C(=O)NC(CO)C(=O)NC(CCC(N)=O)C(=O)O. The van der Waals surface area contributed by atoms with Crippen LogP contribution >= 0.6 is 24.4 Å². The van der Waals surface area contributed by atoms with E-state index >= 15 is 0 Å². The predicted octanol–water partition coefficient (Wildman–Crippen LogP) is -3.21. The Morgan fingerprint density at radius 2 is 1.50 bits per heavy atom. The van der Waals surface area contributed by atoms with Gasteiger partial charge in [0.15, 0.2) is 0 Å². The molecule has 0 aromatic rings. The van der Waals surface area contributed by atoms with Crippen molar-refractivity contribution in [1.29, 1.82) is 0 Å². The summed E-state index contributed by atoms with van der Waals surface area (Å²) in [6.45, 7) is -0.833. The molecule has 4 atom stereocenters. The maximum absolute atomic E-state index is 12.4. The molecule has 0 aliphatic heterocycles. The second kappa shape index (κ2) is 14.9. The Balaban J connectivity index is 4.94. The fourth-order valence-electron chi connectivity index (χ4n) is 2.13. The summed E-state index contributed by atoms with van der Waals surface area (Å²) in [7, 11) is 0. The molecule has 9 N–H and O–H groups in total. The van der Waals surface area contributed by atoms with Gasteiger partial charge in [-0.1, -0.05) is 0 Å². The van der Waals surface area contributed by atoms with Crippen LogP contribution in [-0.2, 0) is 24.0 Å². The fraction of sp³-hybridized carbons (Fsp3) is 0.688. The molecule has 0 aliphatic carbocycles. The van der Waals surface area contributed by atoms with E-state index in [2.05, 4.69) is 28.6 Å². The van der Waals surface area contributed by atoms with E-state index in [4.69, 9.17) is 16.6 Å². The van der Waals surface area contributed by atoms with E-state index in [-0.39, 0.29) is 18.6 Å². The molecular weight excluding hydrogens is 438 g/mol. The van der Waals surface area contributed by atoms with E-state index in [0.717, 1.165) is 0 Å². The van der Waals surface area contributed by atoms with Crippen LogP contribution in [0, 0.1) is 0 Å². The average molecular weight is 468 g/mol. The topological polar surface area (TPSA) is 214 Å². The molecule has 0 aromatic heterocycles. The normalized spacial score (nSPS) is 14.7. The van der Waals surface area contributed by atoms with E-state index < -0.39 is 60.4 Å². The van der Waals surface area contributed by atoms with Gasteiger partial charge in [-0.15, -0.1) is 0 Å². The number of hydrogen-bond acceptors (Lipinski definition) is 9. The van der Waals surface area contributed by atoms with E-state index in [1.807, 2.05) is 6.26 Å². The van der Waals surface area contributed by atoms with Crippen LogP contribution in [0.4, 0.5) is 0 Å². The van der Waals surface area contributed by atoms with Gasteiger partial charge in [0.2, 0.25) is 23.6 Å². The number of carboxylic acids is 1. The van der Waals surface area contributed by atoms with Gasteiger partial charge in [-0.2, -0.15) is 24.4 Å². The Morgan fingerprint density at radius 1 is 0.967 bits per heavy atom. The first-order chi connectivity index (χ1) is 14.1. The summed E-state index contributed by atoms with van der Waals surface area (Å²) in [6, 6.07) is -4.89. The number of aliphatic carboxylic acids is 1. The van der Waals surface area contributed by atoms with Crippen LogP contribution in [0.3, 0.4) is 0 Å². The quantitative estimate of drug-likeness (QED) is 0.114. The molecule has 4 amide bonds. The number of aliphatic hydroxyl groups is 1. The lowest BCUT2D eigenvalue weighted by Crippen LogP contribution is -2.58. The molecule has 0 spiro atoms. The lowest BCUT2D eigenvalue weighted by molar-refractivity contribution is -0.143. The molecule has 172 valence electrons. The Labute approximate surface area is 183 Å². The van der Waals surface area contributed by atoms with Gasteiger partial charge in [-0.3, -0.25) is 19.2 Å². The van der Waals surface area contributed by atoms with E-state index in [0.29, 0.717) is 12.2 Å². The Kier molecular flexibility index (Phi) is 13.9. The van der Waals surface area contributed by atoms with Crippen molar-refractivity contribution >= 4 is 54.0 Å². The summed E-state index contributed by atoms with van der Waals surface area (Å²) < 4.78 is 0. The minimum absolute atomic E-state index is 0.108. The van der Waals surface area contributed by atoms with Crippen molar-refractivity contribution in [2.75, 3.05) is 24.4 Å². The highest BCUT2D eigenvalue weighted by atomic mass is 32.2. The molecule has 0 bridgehead atoms. The molecular formula is C16H29N5O7S2. The standard InChI is InChI=1S/C16H29N5O7S2/c1-30-5-4-8(17)13(24)21-11(7-29)15(26)20-10(6-22)14(25)19-9(16(27)28)2-3-12(18)23/h8-11,22,29H,2-7,17H2,1H3,(H2,18,23)(H,19,25)(H,20,26)(H,21,24)(H,27,28). The smallest absolute Gasteiger partial charge is 0.326 e. The molecule has 0 heterocycles. The van der Waals surface area contributed by atoms with Crippen molar-refractivity contribution in [2.45, 2.75) is 43.4 Å². The van der Waals surface area contributed by atoms with Gasteiger partial charge in [0.1, 0.15) is 18.1 Å². The highest BCUT2D eigenvalue weighted by Crippen LogP contribution is 2.01. The van der Waals surface area contributed by atoms with Gasteiger partial charge in [-0.05, 0) is 24.9 Å². The second-order valence-corrected chi connectivity index (χ2v) is 7.63. The number of amides is 4. The van der Waals surface area contributed by atoms with Crippen LogP contribution in [-0.4, -0.2) is 88.3 Å². The number of nitrogens with one attached hydrogen (secondary N) is 3. The average Bonchev–Trinajstić information content (AvgIpc) is 2.70. The van der Waals surface area contributed by atoms with Crippen molar-refractivity contribution in [3.63, 3.8) is 0 Å². The zero-order valence-corrected chi connectivity index (χ0v) is 18.2. The Bertz CT molecular complexity index is 623.